The van der Waals surface area contributed by atoms with E-state index in [4.69, 9.17) is 15.0 Å². The van der Waals surface area contributed by atoms with Crippen LogP contribution in [0.25, 0.3) is 11.3 Å². The molecule has 3 N–H and O–H groups in total. The van der Waals surface area contributed by atoms with Crippen LogP contribution in [0.15, 0.2) is 42.5 Å². The first-order valence-corrected chi connectivity index (χ1v) is 11.3. The molecule has 0 saturated heterocycles. The molecule has 1 amide bonds. The first-order chi connectivity index (χ1) is 15.0. The maximum absolute atomic E-state index is 13.0. The van der Waals surface area contributed by atoms with E-state index in [0.29, 0.717) is 29.4 Å². The maximum atomic E-state index is 13.0. The molecule has 0 unspecified atom stereocenters. The van der Waals surface area contributed by atoms with Crippen LogP contribution in [0.4, 0.5) is 17.6 Å². The van der Waals surface area contributed by atoms with Crippen LogP contribution >= 0.6 is 21.6 Å². The molecule has 0 bridgehead atoms. The molecule has 1 heterocycles. The highest BCUT2D eigenvalue weighted by atomic mass is 33.1. The molecule has 1 aromatic carbocycles. The molecule has 1 aromatic heterocycles. The van der Waals surface area contributed by atoms with Crippen molar-refractivity contribution < 1.29 is 42.2 Å². The fourth-order valence-electron chi connectivity index (χ4n) is 1.89. The monoisotopic (exact) mass is 494 g/mol. The highest BCUT2D eigenvalue weighted by molar-refractivity contribution is 8.76. The molecule has 0 aliphatic carbocycles. The summed E-state index contributed by atoms with van der Waals surface area (Å²) in [6.45, 7) is 0.464. The lowest BCUT2D eigenvalue weighted by molar-refractivity contribution is -0.192. The van der Waals surface area contributed by atoms with Crippen molar-refractivity contribution in [3.8, 4) is 11.3 Å². The van der Waals surface area contributed by atoms with Gasteiger partial charge in [0, 0.05) is 23.6 Å². The second-order valence-electron chi connectivity index (χ2n) is 5.76. The summed E-state index contributed by atoms with van der Waals surface area (Å²) in [5, 5.41) is 18.4. The van der Waals surface area contributed by atoms with Crippen molar-refractivity contribution >= 4 is 39.4 Å². The van der Waals surface area contributed by atoms with E-state index in [1.807, 2.05) is 0 Å². The van der Waals surface area contributed by atoms with Gasteiger partial charge in [0.05, 0.1) is 12.1 Å². The smallest absolute Gasteiger partial charge is 0.481 e. The Morgan fingerprint density at radius 2 is 1.56 bits per heavy atom. The number of carboxylic acids is 2. The van der Waals surface area contributed by atoms with Crippen LogP contribution in [0.1, 0.15) is 16.9 Å². The van der Waals surface area contributed by atoms with Crippen molar-refractivity contribution in [3.05, 3.63) is 54.0 Å². The zero-order valence-corrected chi connectivity index (χ0v) is 17.9. The molecule has 0 radical (unpaired) electrons. The fourth-order valence-corrected chi connectivity index (χ4v) is 3.77. The minimum Gasteiger partial charge on any atom is -0.481 e. The van der Waals surface area contributed by atoms with Crippen molar-refractivity contribution in [2.45, 2.75) is 12.6 Å². The van der Waals surface area contributed by atoms with E-state index >= 15 is 0 Å². The van der Waals surface area contributed by atoms with Gasteiger partial charge in [-0.3, -0.25) is 9.59 Å². The number of alkyl halides is 3. The Hall–Kier alpha value is -2.80. The SMILES string of the molecule is O=C(O)C(F)(F)F.O=C(O)CCSSCCNC(=O)c1cccc(-c2ccc(F)cc2)n1. The Balaban J connectivity index is 0.000000633. The Morgan fingerprint density at radius 3 is 2.12 bits per heavy atom. The average Bonchev–Trinajstić information content (AvgIpc) is 2.73. The van der Waals surface area contributed by atoms with Crippen molar-refractivity contribution in [1.29, 1.82) is 0 Å². The topological polar surface area (TPSA) is 117 Å². The number of rotatable bonds is 9. The number of nitrogens with one attached hydrogen (secondary N) is 1. The molecule has 174 valence electrons. The van der Waals surface area contributed by atoms with E-state index in [9.17, 15) is 27.2 Å². The van der Waals surface area contributed by atoms with E-state index in [-0.39, 0.29) is 18.1 Å². The van der Waals surface area contributed by atoms with Gasteiger partial charge in [0.1, 0.15) is 11.5 Å². The van der Waals surface area contributed by atoms with Crippen molar-refractivity contribution in [3.63, 3.8) is 0 Å². The quantitative estimate of drug-likeness (QED) is 0.271. The van der Waals surface area contributed by atoms with E-state index in [0.717, 1.165) is 5.56 Å². The predicted molar refractivity (Wildman–Crippen MR) is 113 cm³/mol. The maximum Gasteiger partial charge on any atom is 0.490 e. The summed E-state index contributed by atoms with van der Waals surface area (Å²) in [5.41, 5.74) is 1.64. The van der Waals surface area contributed by atoms with E-state index in [1.165, 1.54) is 33.7 Å². The van der Waals surface area contributed by atoms with E-state index < -0.39 is 18.1 Å². The average molecular weight is 494 g/mol. The number of pyridine rings is 1. The molecule has 2 aromatic rings. The van der Waals surface area contributed by atoms with Crippen molar-refractivity contribution in [1.82, 2.24) is 10.3 Å². The third kappa shape index (κ3) is 11.0. The molecule has 13 heteroatoms. The Morgan fingerprint density at radius 1 is 0.969 bits per heavy atom. The van der Waals surface area contributed by atoms with Crippen LogP contribution in [0, 0.1) is 5.82 Å². The summed E-state index contributed by atoms with van der Waals surface area (Å²) in [6, 6.07) is 11.0. The largest absolute Gasteiger partial charge is 0.490 e. The summed E-state index contributed by atoms with van der Waals surface area (Å²) in [6.07, 6.45) is -4.95. The van der Waals surface area contributed by atoms with Gasteiger partial charge in [-0.05, 0) is 36.4 Å². The number of amides is 1. The second-order valence-corrected chi connectivity index (χ2v) is 8.46. The molecule has 32 heavy (non-hydrogen) atoms. The van der Waals surface area contributed by atoms with Gasteiger partial charge >= 0.3 is 18.1 Å². The van der Waals surface area contributed by atoms with Gasteiger partial charge in [0.2, 0.25) is 0 Å². The lowest BCUT2D eigenvalue weighted by Gasteiger charge is -2.06. The van der Waals surface area contributed by atoms with Gasteiger partial charge in [0.15, 0.2) is 0 Å². The first kappa shape index (κ1) is 27.2. The van der Waals surface area contributed by atoms with Crippen LogP contribution < -0.4 is 5.32 Å². The van der Waals surface area contributed by atoms with Crippen LogP contribution in [0.5, 0.6) is 0 Å². The highest BCUT2D eigenvalue weighted by Gasteiger charge is 2.38. The summed E-state index contributed by atoms with van der Waals surface area (Å²) in [5.74, 6) is -2.96. The number of carbonyl (C=O) groups is 3. The fraction of sp³-hybridized carbons (Fsp3) is 0.263. The molecule has 0 aliphatic rings. The molecule has 0 spiro atoms. The lowest BCUT2D eigenvalue weighted by Crippen LogP contribution is -2.26. The van der Waals surface area contributed by atoms with Crippen LogP contribution in [-0.4, -0.2) is 57.3 Å². The third-order valence-electron chi connectivity index (χ3n) is 3.32. The Bertz CT molecular complexity index is 911. The van der Waals surface area contributed by atoms with Gasteiger partial charge in [-0.1, -0.05) is 27.7 Å². The number of aliphatic carboxylic acids is 2. The number of hydrogen-bond acceptors (Lipinski definition) is 6. The van der Waals surface area contributed by atoms with Gasteiger partial charge in [-0.2, -0.15) is 13.2 Å². The Labute approximate surface area is 188 Å². The number of hydrogen-bond donors (Lipinski definition) is 3. The van der Waals surface area contributed by atoms with Crippen molar-refractivity contribution in [2.75, 3.05) is 18.1 Å². The normalized spacial score (nSPS) is 10.6. The predicted octanol–water partition coefficient (Wildman–Crippen LogP) is 4.11. The summed E-state index contributed by atoms with van der Waals surface area (Å²) < 4.78 is 44.7. The molecule has 0 aliphatic heterocycles. The molecule has 0 fully saturated rings. The molecule has 7 nitrogen and oxygen atoms in total. The van der Waals surface area contributed by atoms with E-state index in [1.54, 1.807) is 30.3 Å². The number of carbonyl (C=O) groups excluding carboxylic acids is 1. The first-order valence-electron chi connectivity index (χ1n) is 8.78. The van der Waals surface area contributed by atoms with Crippen molar-refractivity contribution in [2.24, 2.45) is 0 Å². The number of nitrogens with zero attached hydrogens (tertiary/aromatic N) is 1. The molecular formula is C19H18F4N2O5S2. The zero-order valence-electron chi connectivity index (χ0n) is 16.3. The molecule has 2 rings (SSSR count). The van der Waals surface area contributed by atoms with Crippen LogP contribution in [0.2, 0.25) is 0 Å². The van der Waals surface area contributed by atoms with E-state index in [2.05, 4.69) is 10.3 Å². The third-order valence-corrected chi connectivity index (χ3v) is 5.73. The second kappa shape index (κ2) is 13.6. The number of carboxylic acid groups (broad SMARTS) is 2. The summed E-state index contributed by atoms with van der Waals surface area (Å²) in [7, 11) is 2.98. The number of benzene rings is 1. The summed E-state index contributed by atoms with van der Waals surface area (Å²) in [4.78, 5) is 35.7. The van der Waals surface area contributed by atoms with Gasteiger partial charge in [-0.25, -0.2) is 14.2 Å². The van der Waals surface area contributed by atoms with Crippen LogP contribution in [-0.2, 0) is 9.59 Å². The zero-order chi connectivity index (χ0) is 24.1. The standard InChI is InChI=1S/C17H17FN2O3S2.C2HF3O2/c18-13-6-4-12(5-7-13)14-2-1-3-15(20-14)17(23)19-9-11-25-24-10-8-16(21)22;3-2(4,5)1(6)7/h1-7H,8-11H2,(H,19,23)(H,21,22);(H,6,7). The van der Waals surface area contributed by atoms with Crippen LogP contribution in [0.3, 0.4) is 0 Å². The Kier molecular flexibility index (Phi) is 11.6. The highest BCUT2D eigenvalue weighted by Crippen LogP contribution is 2.21. The molecule has 0 atom stereocenters. The lowest BCUT2D eigenvalue weighted by atomic mass is 10.1. The molecular weight excluding hydrogens is 476 g/mol. The minimum atomic E-state index is -5.08. The van der Waals surface area contributed by atoms with Gasteiger partial charge in [0.25, 0.3) is 5.91 Å². The minimum absolute atomic E-state index is 0.129. The van der Waals surface area contributed by atoms with Gasteiger partial charge in [-0.15, -0.1) is 0 Å². The number of halogens is 4. The van der Waals surface area contributed by atoms with Gasteiger partial charge < -0.3 is 15.5 Å². The molecule has 0 saturated carbocycles. The number of aromatic nitrogens is 1. The summed E-state index contributed by atoms with van der Waals surface area (Å²) >= 11 is 0.